The van der Waals surface area contributed by atoms with Gasteiger partial charge in [-0.15, -0.1) is 0 Å². The molecular formula is C15H15NO. The molecule has 1 aromatic heterocycles. The number of benzene rings is 1. The van der Waals surface area contributed by atoms with Crippen molar-refractivity contribution >= 4 is 5.78 Å². The highest BCUT2D eigenvalue weighted by Gasteiger charge is 2.11. The van der Waals surface area contributed by atoms with Crippen molar-refractivity contribution in [1.29, 1.82) is 0 Å². The van der Waals surface area contributed by atoms with Crippen LogP contribution < -0.4 is 0 Å². The van der Waals surface area contributed by atoms with Crippen molar-refractivity contribution in [2.45, 2.75) is 20.3 Å². The first-order valence-corrected chi connectivity index (χ1v) is 5.76. The van der Waals surface area contributed by atoms with Crippen molar-refractivity contribution in [1.82, 2.24) is 4.98 Å². The van der Waals surface area contributed by atoms with Crippen molar-refractivity contribution in [3.05, 3.63) is 65.0 Å². The summed E-state index contributed by atoms with van der Waals surface area (Å²) < 4.78 is 0. The molecule has 0 aliphatic heterocycles. The Hall–Kier alpha value is -1.96. The van der Waals surface area contributed by atoms with Gasteiger partial charge in [-0.05, 0) is 36.6 Å². The zero-order valence-corrected chi connectivity index (χ0v) is 10.1. The van der Waals surface area contributed by atoms with Crippen LogP contribution in [0.3, 0.4) is 0 Å². The number of hydrogen-bond acceptors (Lipinski definition) is 2. The predicted octanol–water partition coefficient (Wildman–Crippen LogP) is 3.18. The number of ketones is 1. The smallest absolute Gasteiger partial charge is 0.193 e. The van der Waals surface area contributed by atoms with E-state index in [-0.39, 0.29) is 5.78 Å². The first-order valence-electron chi connectivity index (χ1n) is 5.76. The number of rotatable bonds is 3. The molecule has 86 valence electrons. The van der Waals surface area contributed by atoms with Gasteiger partial charge in [0.25, 0.3) is 0 Å². The minimum atomic E-state index is 0.0696. The molecule has 1 aromatic carbocycles. The molecule has 0 bridgehead atoms. The molecule has 2 aromatic rings. The number of aryl methyl sites for hydroxylation is 2. The van der Waals surface area contributed by atoms with Crippen molar-refractivity contribution in [2.24, 2.45) is 0 Å². The maximum absolute atomic E-state index is 12.3. The molecule has 0 aliphatic carbocycles. The summed E-state index contributed by atoms with van der Waals surface area (Å²) in [6.45, 7) is 3.99. The summed E-state index contributed by atoms with van der Waals surface area (Å²) in [5.74, 6) is 0.0696. The Morgan fingerprint density at radius 1 is 1.29 bits per heavy atom. The predicted molar refractivity (Wildman–Crippen MR) is 68.2 cm³/mol. The van der Waals surface area contributed by atoms with E-state index in [0.717, 1.165) is 23.1 Å². The van der Waals surface area contributed by atoms with E-state index in [2.05, 4.69) is 11.9 Å². The topological polar surface area (TPSA) is 30.0 Å². The number of nitrogens with zero attached hydrogens (tertiary/aromatic N) is 1. The molecular weight excluding hydrogens is 210 g/mol. The van der Waals surface area contributed by atoms with Crippen LogP contribution in [0.5, 0.6) is 0 Å². The van der Waals surface area contributed by atoms with Crippen molar-refractivity contribution in [3.63, 3.8) is 0 Å². The maximum Gasteiger partial charge on any atom is 0.193 e. The van der Waals surface area contributed by atoms with Crippen LogP contribution in [0.2, 0.25) is 0 Å². The van der Waals surface area contributed by atoms with Gasteiger partial charge in [0, 0.05) is 23.5 Å². The van der Waals surface area contributed by atoms with Crippen LogP contribution in [0.4, 0.5) is 0 Å². The van der Waals surface area contributed by atoms with Crippen LogP contribution in [0.15, 0.2) is 42.7 Å². The largest absolute Gasteiger partial charge is 0.289 e. The van der Waals surface area contributed by atoms with Crippen molar-refractivity contribution in [3.8, 4) is 0 Å². The summed E-state index contributed by atoms with van der Waals surface area (Å²) in [6.07, 6.45) is 4.32. The Bertz CT molecular complexity index is 546. The highest BCUT2D eigenvalue weighted by molar-refractivity contribution is 6.09. The number of hydrogen-bond donors (Lipinski definition) is 0. The second-order valence-electron chi connectivity index (χ2n) is 4.07. The third-order valence-corrected chi connectivity index (χ3v) is 2.86. The lowest BCUT2D eigenvalue weighted by Crippen LogP contribution is -2.04. The van der Waals surface area contributed by atoms with E-state index in [1.807, 2.05) is 31.2 Å². The van der Waals surface area contributed by atoms with E-state index < -0.39 is 0 Å². The lowest BCUT2D eigenvalue weighted by atomic mass is 9.99. The minimum Gasteiger partial charge on any atom is -0.289 e. The van der Waals surface area contributed by atoms with Gasteiger partial charge in [-0.25, -0.2) is 0 Å². The van der Waals surface area contributed by atoms with Gasteiger partial charge >= 0.3 is 0 Å². The number of carbonyl (C=O) groups is 1. The van der Waals surface area contributed by atoms with E-state index in [4.69, 9.17) is 0 Å². The average molecular weight is 225 g/mol. The van der Waals surface area contributed by atoms with Gasteiger partial charge in [-0.3, -0.25) is 9.78 Å². The minimum absolute atomic E-state index is 0.0696. The lowest BCUT2D eigenvalue weighted by molar-refractivity contribution is 0.103. The van der Waals surface area contributed by atoms with Gasteiger partial charge in [-0.1, -0.05) is 25.1 Å². The summed E-state index contributed by atoms with van der Waals surface area (Å²) >= 11 is 0. The van der Waals surface area contributed by atoms with Crippen LogP contribution >= 0.6 is 0 Å². The van der Waals surface area contributed by atoms with Crippen LogP contribution in [-0.2, 0) is 6.42 Å². The van der Waals surface area contributed by atoms with Crippen LogP contribution in [-0.4, -0.2) is 10.8 Å². The van der Waals surface area contributed by atoms with Crippen LogP contribution in [0, 0.1) is 6.92 Å². The third-order valence-electron chi connectivity index (χ3n) is 2.86. The summed E-state index contributed by atoms with van der Waals surface area (Å²) in [6, 6.07) is 9.57. The third kappa shape index (κ3) is 2.41. The quantitative estimate of drug-likeness (QED) is 0.751. The van der Waals surface area contributed by atoms with Crippen LogP contribution in [0.25, 0.3) is 0 Å². The maximum atomic E-state index is 12.3. The first-order chi connectivity index (χ1) is 8.22. The molecule has 0 radical (unpaired) electrons. The molecule has 0 amide bonds. The Kier molecular flexibility index (Phi) is 3.33. The van der Waals surface area contributed by atoms with E-state index in [1.54, 1.807) is 18.5 Å². The summed E-state index contributed by atoms with van der Waals surface area (Å²) in [5.41, 5.74) is 3.58. The SMILES string of the molecule is CCc1cccc(C(=O)c2ccncc2C)c1. The van der Waals surface area contributed by atoms with Gasteiger partial charge in [-0.2, -0.15) is 0 Å². The van der Waals surface area contributed by atoms with Gasteiger partial charge in [0.05, 0.1) is 0 Å². The molecule has 0 aliphatic rings. The Labute approximate surface area is 101 Å². The van der Waals surface area contributed by atoms with E-state index in [9.17, 15) is 4.79 Å². The number of aromatic nitrogens is 1. The van der Waals surface area contributed by atoms with Gasteiger partial charge in [0.1, 0.15) is 0 Å². The second kappa shape index (κ2) is 4.91. The zero-order valence-electron chi connectivity index (χ0n) is 10.1. The standard InChI is InChI=1S/C15H15NO/c1-3-12-5-4-6-13(9-12)15(17)14-7-8-16-10-11(14)2/h4-10H,3H2,1-2H3. The average Bonchev–Trinajstić information content (AvgIpc) is 2.38. The number of pyridine rings is 1. The summed E-state index contributed by atoms with van der Waals surface area (Å²) in [4.78, 5) is 16.3. The van der Waals surface area contributed by atoms with Gasteiger partial charge in [0.15, 0.2) is 5.78 Å². The normalized spacial score (nSPS) is 10.2. The molecule has 0 N–H and O–H groups in total. The van der Waals surface area contributed by atoms with Gasteiger partial charge < -0.3 is 0 Å². The summed E-state index contributed by atoms with van der Waals surface area (Å²) in [7, 11) is 0. The Morgan fingerprint density at radius 3 is 2.82 bits per heavy atom. The van der Waals surface area contributed by atoms with E-state index in [1.165, 1.54) is 5.56 Å². The monoisotopic (exact) mass is 225 g/mol. The molecule has 0 fully saturated rings. The second-order valence-corrected chi connectivity index (χ2v) is 4.07. The number of carbonyl (C=O) groups excluding carboxylic acids is 1. The fraction of sp³-hybridized carbons (Fsp3) is 0.200. The van der Waals surface area contributed by atoms with Crippen LogP contribution in [0.1, 0.15) is 34.0 Å². The molecule has 17 heavy (non-hydrogen) atoms. The molecule has 2 nitrogen and oxygen atoms in total. The fourth-order valence-electron chi connectivity index (χ4n) is 1.82. The zero-order chi connectivity index (χ0) is 12.3. The first kappa shape index (κ1) is 11.5. The van der Waals surface area contributed by atoms with Crippen molar-refractivity contribution in [2.75, 3.05) is 0 Å². The van der Waals surface area contributed by atoms with E-state index in [0.29, 0.717) is 0 Å². The Balaban J connectivity index is 2.40. The highest BCUT2D eigenvalue weighted by atomic mass is 16.1. The molecule has 2 heteroatoms. The van der Waals surface area contributed by atoms with Crippen molar-refractivity contribution < 1.29 is 4.79 Å². The summed E-state index contributed by atoms with van der Waals surface area (Å²) in [5, 5.41) is 0. The molecule has 0 saturated carbocycles. The fourth-order valence-corrected chi connectivity index (χ4v) is 1.82. The molecule has 0 saturated heterocycles. The molecule has 1 heterocycles. The highest BCUT2D eigenvalue weighted by Crippen LogP contribution is 2.14. The van der Waals surface area contributed by atoms with Gasteiger partial charge in [0.2, 0.25) is 0 Å². The molecule has 0 unspecified atom stereocenters. The molecule has 2 rings (SSSR count). The molecule has 0 spiro atoms. The lowest BCUT2D eigenvalue weighted by Gasteiger charge is -2.05. The Morgan fingerprint density at radius 2 is 2.12 bits per heavy atom. The van der Waals surface area contributed by atoms with E-state index >= 15 is 0 Å². The molecule has 0 atom stereocenters.